The van der Waals surface area contributed by atoms with Gasteiger partial charge in [-0.05, 0) is 49.6 Å². The van der Waals surface area contributed by atoms with Gasteiger partial charge in [0.2, 0.25) is 5.91 Å². The first-order chi connectivity index (χ1) is 13.1. The summed E-state index contributed by atoms with van der Waals surface area (Å²) < 4.78 is 5.56. The van der Waals surface area contributed by atoms with Crippen molar-refractivity contribution in [2.45, 2.75) is 45.2 Å². The van der Waals surface area contributed by atoms with Crippen molar-refractivity contribution in [1.82, 2.24) is 5.32 Å². The molecule has 2 aromatic rings. The van der Waals surface area contributed by atoms with Crippen molar-refractivity contribution >= 4 is 17.5 Å². The van der Waals surface area contributed by atoms with E-state index in [1.165, 1.54) is 10.5 Å². The zero-order valence-corrected chi connectivity index (χ0v) is 15.9. The quantitative estimate of drug-likeness (QED) is 0.728. The number of anilines is 1. The summed E-state index contributed by atoms with van der Waals surface area (Å²) in [6.07, 6.45) is 1.92. The molecule has 2 atom stereocenters. The van der Waals surface area contributed by atoms with E-state index in [1.807, 2.05) is 32.0 Å². The number of rotatable bonds is 8. The van der Waals surface area contributed by atoms with E-state index in [1.54, 1.807) is 24.3 Å². The Hall–Kier alpha value is -2.66. The topological polar surface area (TPSA) is 58.6 Å². The third-order valence-electron chi connectivity index (χ3n) is 4.58. The lowest BCUT2D eigenvalue weighted by Gasteiger charge is -2.19. The van der Waals surface area contributed by atoms with Gasteiger partial charge in [-0.1, -0.05) is 37.3 Å². The van der Waals surface area contributed by atoms with Crippen LogP contribution in [0.5, 0.6) is 5.75 Å². The van der Waals surface area contributed by atoms with Crippen LogP contribution in [0.1, 0.15) is 32.3 Å². The fourth-order valence-corrected chi connectivity index (χ4v) is 3.31. The summed E-state index contributed by atoms with van der Waals surface area (Å²) in [5.41, 5.74) is 1.79. The van der Waals surface area contributed by atoms with Crippen molar-refractivity contribution in [1.29, 1.82) is 0 Å². The lowest BCUT2D eigenvalue weighted by Crippen LogP contribution is -2.43. The Morgan fingerprint density at radius 2 is 1.81 bits per heavy atom. The normalized spacial score (nSPS) is 18.0. The van der Waals surface area contributed by atoms with Gasteiger partial charge in [0.05, 0.1) is 24.8 Å². The third-order valence-corrected chi connectivity index (χ3v) is 4.58. The molecule has 0 aliphatic carbocycles. The summed E-state index contributed by atoms with van der Waals surface area (Å²) in [5.74, 6) is 0.375. The van der Waals surface area contributed by atoms with Crippen molar-refractivity contribution in [3.8, 4) is 5.75 Å². The van der Waals surface area contributed by atoms with E-state index in [0.717, 1.165) is 18.6 Å². The Bertz CT molecular complexity index is 774. The molecular weight excluding hydrogens is 340 g/mol. The van der Waals surface area contributed by atoms with Crippen LogP contribution >= 0.6 is 0 Å². The van der Waals surface area contributed by atoms with E-state index < -0.39 is 6.04 Å². The van der Waals surface area contributed by atoms with Crippen molar-refractivity contribution in [2.75, 3.05) is 11.5 Å². The maximum atomic E-state index is 12.8. The number of ether oxygens (including phenoxy) is 1. The van der Waals surface area contributed by atoms with Crippen molar-refractivity contribution in [3.63, 3.8) is 0 Å². The molecule has 1 N–H and O–H groups in total. The van der Waals surface area contributed by atoms with E-state index in [4.69, 9.17) is 4.74 Å². The minimum Gasteiger partial charge on any atom is -0.494 e. The summed E-state index contributed by atoms with van der Waals surface area (Å²) in [6, 6.07) is 16.8. The molecule has 2 aromatic carbocycles. The SMILES string of the molecule is CCCOc1ccc(N2C(=O)C[C@H](N[C@H](C)Cc3ccccc3)C2=O)cc1. The summed E-state index contributed by atoms with van der Waals surface area (Å²) in [7, 11) is 0. The Labute approximate surface area is 160 Å². The molecule has 0 aromatic heterocycles. The first-order valence-electron chi connectivity index (χ1n) is 9.48. The van der Waals surface area contributed by atoms with Crippen LogP contribution in [0.4, 0.5) is 5.69 Å². The number of nitrogens with one attached hydrogen (secondary N) is 1. The lowest BCUT2D eigenvalue weighted by molar-refractivity contribution is -0.121. The van der Waals surface area contributed by atoms with Gasteiger partial charge in [-0.25, -0.2) is 4.90 Å². The summed E-state index contributed by atoms with van der Waals surface area (Å²) in [4.78, 5) is 26.5. The van der Waals surface area contributed by atoms with Crippen LogP contribution < -0.4 is 15.0 Å². The minimum atomic E-state index is -0.479. The number of carbonyl (C=O) groups excluding carboxylic acids is 2. The van der Waals surface area contributed by atoms with E-state index in [-0.39, 0.29) is 24.3 Å². The highest BCUT2D eigenvalue weighted by molar-refractivity contribution is 6.22. The molecule has 1 heterocycles. The molecule has 1 saturated heterocycles. The van der Waals surface area contributed by atoms with Gasteiger partial charge in [0.15, 0.2) is 0 Å². The van der Waals surface area contributed by atoms with Crippen molar-refractivity contribution in [3.05, 3.63) is 60.2 Å². The van der Waals surface area contributed by atoms with Crippen LogP contribution in [0, 0.1) is 0 Å². The van der Waals surface area contributed by atoms with E-state index >= 15 is 0 Å². The van der Waals surface area contributed by atoms with Gasteiger partial charge in [0, 0.05) is 6.04 Å². The number of amides is 2. The molecule has 0 radical (unpaired) electrons. The molecule has 5 nitrogen and oxygen atoms in total. The van der Waals surface area contributed by atoms with Gasteiger partial charge >= 0.3 is 0 Å². The van der Waals surface area contributed by atoms with Gasteiger partial charge in [0.1, 0.15) is 5.75 Å². The average Bonchev–Trinajstić information content (AvgIpc) is 2.94. The van der Waals surface area contributed by atoms with Gasteiger partial charge < -0.3 is 10.1 Å². The van der Waals surface area contributed by atoms with Crippen LogP contribution in [0.3, 0.4) is 0 Å². The standard InChI is InChI=1S/C22H26N2O3/c1-3-13-27-19-11-9-18(10-12-19)24-21(25)15-20(22(24)26)23-16(2)14-17-7-5-4-6-8-17/h4-12,16,20,23H,3,13-15H2,1-2H3/t16-,20+/m1/s1. The molecule has 5 heteroatoms. The van der Waals surface area contributed by atoms with Gasteiger partial charge in [-0.15, -0.1) is 0 Å². The zero-order valence-electron chi connectivity index (χ0n) is 15.9. The maximum absolute atomic E-state index is 12.8. The fourth-order valence-electron chi connectivity index (χ4n) is 3.31. The zero-order chi connectivity index (χ0) is 19.2. The number of imide groups is 1. The van der Waals surface area contributed by atoms with Crippen molar-refractivity contribution < 1.29 is 14.3 Å². The Kier molecular flexibility index (Phi) is 6.24. The molecule has 0 spiro atoms. The Morgan fingerprint density at radius 1 is 1.11 bits per heavy atom. The molecule has 1 aliphatic rings. The average molecular weight is 366 g/mol. The molecule has 1 fully saturated rings. The second-order valence-electron chi connectivity index (χ2n) is 6.92. The minimum absolute atomic E-state index is 0.0962. The van der Waals surface area contributed by atoms with Gasteiger partial charge in [-0.3, -0.25) is 9.59 Å². The Morgan fingerprint density at radius 3 is 2.48 bits per heavy atom. The largest absolute Gasteiger partial charge is 0.494 e. The molecule has 0 unspecified atom stereocenters. The number of hydrogen-bond donors (Lipinski definition) is 1. The van der Waals surface area contributed by atoms with Crippen LogP contribution in [-0.2, 0) is 16.0 Å². The predicted octanol–water partition coefficient (Wildman–Crippen LogP) is 3.33. The molecule has 2 amide bonds. The smallest absolute Gasteiger partial charge is 0.251 e. The molecule has 1 aliphatic heterocycles. The highest BCUT2D eigenvalue weighted by Gasteiger charge is 2.39. The summed E-state index contributed by atoms with van der Waals surface area (Å²) in [6.45, 7) is 4.72. The van der Waals surface area contributed by atoms with Gasteiger partial charge in [0.25, 0.3) is 5.91 Å². The number of nitrogens with zero attached hydrogens (tertiary/aromatic N) is 1. The highest BCUT2D eigenvalue weighted by atomic mass is 16.5. The van der Waals surface area contributed by atoms with Crippen molar-refractivity contribution in [2.24, 2.45) is 0 Å². The third kappa shape index (κ3) is 4.74. The second-order valence-corrected chi connectivity index (χ2v) is 6.92. The molecular formula is C22H26N2O3. The Balaban J connectivity index is 1.62. The molecule has 0 bridgehead atoms. The van der Waals surface area contributed by atoms with Crippen LogP contribution in [-0.4, -0.2) is 30.5 Å². The first-order valence-corrected chi connectivity index (χ1v) is 9.48. The molecule has 27 heavy (non-hydrogen) atoms. The second kappa shape index (κ2) is 8.82. The van der Waals surface area contributed by atoms with Crippen LogP contribution in [0.2, 0.25) is 0 Å². The van der Waals surface area contributed by atoms with Gasteiger partial charge in [-0.2, -0.15) is 0 Å². The molecule has 3 rings (SSSR count). The number of benzene rings is 2. The van der Waals surface area contributed by atoms with E-state index in [2.05, 4.69) is 17.4 Å². The van der Waals surface area contributed by atoms with E-state index in [0.29, 0.717) is 12.3 Å². The molecule has 0 saturated carbocycles. The number of carbonyl (C=O) groups is 2. The van der Waals surface area contributed by atoms with Crippen LogP contribution in [0.15, 0.2) is 54.6 Å². The monoisotopic (exact) mass is 366 g/mol. The number of hydrogen-bond acceptors (Lipinski definition) is 4. The maximum Gasteiger partial charge on any atom is 0.251 e. The summed E-state index contributed by atoms with van der Waals surface area (Å²) >= 11 is 0. The first kappa shape index (κ1) is 19.1. The highest BCUT2D eigenvalue weighted by Crippen LogP contribution is 2.25. The molecule has 142 valence electrons. The van der Waals surface area contributed by atoms with E-state index in [9.17, 15) is 9.59 Å². The van der Waals surface area contributed by atoms with Crippen LogP contribution in [0.25, 0.3) is 0 Å². The summed E-state index contributed by atoms with van der Waals surface area (Å²) in [5, 5.41) is 3.31. The lowest BCUT2D eigenvalue weighted by atomic mass is 10.1. The predicted molar refractivity (Wildman–Crippen MR) is 106 cm³/mol. The fraction of sp³-hybridized carbons (Fsp3) is 0.364.